The van der Waals surface area contributed by atoms with Crippen molar-refractivity contribution in [2.45, 2.75) is 13.8 Å². The molecule has 44 heavy (non-hydrogen) atoms. The number of hydrogen-bond donors (Lipinski definition) is 0. The summed E-state index contributed by atoms with van der Waals surface area (Å²) < 4.78 is 36.3. The molecule has 2 heterocycles. The lowest BCUT2D eigenvalue weighted by Crippen LogP contribution is -2.31. The van der Waals surface area contributed by atoms with Crippen LogP contribution in [-0.2, 0) is 0 Å². The summed E-state index contributed by atoms with van der Waals surface area (Å²) in [5, 5.41) is -0.906. The molecule has 7 rings (SSSR count). The van der Waals surface area contributed by atoms with Gasteiger partial charge in [-0.25, -0.2) is 13.8 Å². The zero-order valence-electron chi connectivity index (χ0n) is 23.4. The molecule has 0 N–H and O–H groups in total. The van der Waals surface area contributed by atoms with Gasteiger partial charge < -0.3 is 4.90 Å². The van der Waals surface area contributed by atoms with Crippen molar-refractivity contribution in [3.05, 3.63) is 140 Å². The fourth-order valence-corrected chi connectivity index (χ4v) is 5.72. The third kappa shape index (κ3) is 4.65. The van der Waals surface area contributed by atoms with E-state index in [1.807, 2.05) is 24.3 Å². The van der Waals surface area contributed by atoms with Crippen molar-refractivity contribution < 1.29 is 8.78 Å². The van der Waals surface area contributed by atoms with Crippen LogP contribution in [0.2, 0.25) is 0 Å². The molecule has 0 saturated carbocycles. The predicted octanol–water partition coefficient (Wildman–Crippen LogP) is 7.10. The summed E-state index contributed by atoms with van der Waals surface area (Å²) in [6.07, 6.45) is 1.41. The molecule has 7 nitrogen and oxygen atoms in total. The van der Waals surface area contributed by atoms with E-state index in [1.165, 1.54) is 17.3 Å². The number of hydrogen-bond acceptors (Lipinski definition) is 8. The summed E-state index contributed by atoms with van der Waals surface area (Å²) in [6.45, 7) is 4.11. The molecule has 10 heteroatoms. The van der Waals surface area contributed by atoms with Gasteiger partial charge in [0.25, 0.3) is 0 Å². The van der Waals surface area contributed by atoms with Crippen LogP contribution in [0.3, 0.4) is 0 Å². The summed E-state index contributed by atoms with van der Waals surface area (Å²) in [6, 6.07) is 26.0. The van der Waals surface area contributed by atoms with Crippen LogP contribution in [0.4, 0.5) is 31.5 Å². The van der Waals surface area contributed by atoms with Crippen molar-refractivity contribution in [2.75, 3.05) is 4.90 Å². The van der Waals surface area contributed by atoms with Crippen molar-refractivity contribution in [3.63, 3.8) is 0 Å². The number of fused-ring (bicyclic) bond motifs is 2. The SMILES string of the molecule is Cc1ccc(N(c2ccc(C)cc2)c2ccc(-c3ncc(N=c4c(=O)c5cc(F)c(F)cc5c4=O)c4nsnc34)cc2)cc1. The molecule has 0 aliphatic heterocycles. The molecule has 0 atom stereocenters. The molecule has 7 aromatic rings. The van der Waals surface area contributed by atoms with Gasteiger partial charge >= 0.3 is 0 Å². The van der Waals surface area contributed by atoms with Gasteiger partial charge in [-0.15, -0.1) is 0 Å². The first-order valence-corrected chi connectivity index (χ1v) is 14.3. The monoisotopic (exact) mass is 601 g/mol. The molecule has 214 valence electrons. The van der Waals surface area contributed by atoms with Crippen LogP contribution in [0, 0.1) is 25.5 Å². The minimum absolute atomic E-state index is 0.157. The van der Waals surface area contributed by atoms with Gasteiger partial charge in [-0.05, 0) is 62.4 Å². The molecule has 5 aromatic carbocycles. The molecule has 2 aromatic heterocycles. The van der Waals surface area contributed by atoms with E-state index in [1.54, 1.807) is 0 Å². The topological polar surface area (TPSA) is 88.4 Å². The quantitative estimate of drug-likeness (QED) is 0.209. The highest BCUT2D eigenvalue weighted by atomic mass is 32.1. The van der Waals surface area contributed by atoms with Crippen LogP contribution in [-0.4, -0.2) is 13.7 Å². The van der Waals surface area contributed by atoms with E-state index in [4.69, 9.17) is 0 Å². The number of nitrogens with zero attached hydrogens (tertiary/aromatic N) is 5. The number of rotatable bonds is 5. The van der Waals surface area contributed by atoms with Crippen molar-refractivity contribution >= 4 is 56.3 Å². The molecular weight excluding hydrogens is 580 g/mol. The van der Waals surface area contributed by atoms with Gasteiger partial charge in [0.2, 0.25) is 10.9 Å². The van der Waals surface area contributed by atoms with Gasteiger partial charge in [0.1, 0.15) is 16.7 Å². The smallest absolute Gasteiger partial charge is 0.216 e. The molecular formula is C34H21F2N5O2S. The Morgan fingerprint density at radius 3 is 1.68 bits per heavy atom. The third-order valence-corrected chi connectivity index (χ3v) is 8.00. The number of anilines is 3. The normalized spacial score (nSPS) is 11.4. The maximum absolute atomic E-state index is 13.8. The van der Waals surface area contributed by atoms with E-state index in [2.05, 4.69) is 86.0 Å². The van der Waals surface area contributed by atoms with E-state index in [0.717, 1.165) is 46.5 Å². The Balaban J connectivity index is 1.30. The second kappa shape index (κ2) is 10.7. The number of aromatic nitrogens is 3. The summed E-state index contributed by atoms with van der Waals surface area (Å²) in [7, 11) is 0. The lowest BCUT2D eigenvalue weighted by Gasteiger charge is -2.26. The Hall–Kier alpha value is -5.48. The first-order chi connectivity index (χ1) is 21.3. The second-order valence-corrected chi connectivity index (χ2v) is 11.0. The van der Waals surface area contributed by atoms with E-state index in [0.29, 0.717) is 16.7 Å². The maximum Gasteiger partial charge on any atom is 0.216 e. The van der Waals surface area contributed by atoms with Crippen molar-refractivity contribution in [1.29, 1.82) is 0 Å². The van der Waals surface area contributed by atoms with Crippen molar-refractivity contribution in [2.24, 2.45) is 4.99 Å². The zero-order chi connectivity index (χ0) is 30.5. The van der Waals surface area contributed by atoms with Crippen molar-refractivity contribution in [3.8, 4) is 11.3 Å². The van der Waals surface area contributed by atoms with Crippen LogP contribution >= 0.6 is 11.7 Å². The second-order valence-electron chi connectivity index (χ2n) is 10.4. The van der Waals surface area contributed by atoms with Crippen LogP contribution in [0.1, 0.15) is 11.1 Å². The zero-order valence-corrected chi connectivity index (χ0v) is 24.2. The Labute approximate surface area is 253 Å². The summed E-state index contributed by atoms with van der Waals surface area (Å²) in [5.41, 5.74) is 6.04. The highest BCUT2D eigenvalue weighted by Crippen LogP contribution is 2.37. The minimum atomic E-state index is -1.21. The highest BCUT2D eigenvalue weighted by molar-refractivity contribution is 7.00. The van der Waals surface area contributed by atoms with Crippen LogP contribution < -0.4 is 21.1 Å². The molecule has 0 aliphatic rings. The summed E-state index contributed by atoms with van der Waals surface area (Å²) in [4.78, 5) is 36.7. The van der Waals surface area contributed by atoms with Crippen molar-refractivity contribution in [1.82, 2.24) is 13.7 Å². The van der Waals surface area contributed by atoms with Gasteiger partial charge in [0.15, 0.2) is 17.0 Å². The summed E-state index contributed by atoms with van der Waals surface area (Å²) >= 11 is 0.945. The lowest BCUT2D eigenvalue weighted by atomic mass is 10.1. The van der Waals surface area contributed by atoms with E-state index >= 15 is 0 Å². The number of pyridine rings is 1. The lowest BCUT2D eigenvalue weighted by molar-refractivity contribution is 0.511. The maximum atomic E-state index is 13.8. The Kier molecular flexibility index (Phi) is 6.63. The van der Waals surface area contributed by atoms with Gasteiger partial charge in [-0.3, -0.25) is 14.6 Å². The molecule has 0 radical (unpaired) electrons. The number of aryl methyl sites for hydroxylation is 2. The average Bonchev–Trinajstić information content (AvgIpc) is 3.60. The van der Waals surface area contributed by atoms with Gasteiger partial charge in [0.05, 0.1) is 23.6 Å². The largest absolute Gasteiger partial charge is 0.311 e. The van der Waals surface area contributed by atoms with Crippen LogP contribution in [0.25, 0.3) is 33.1 Å². The van der Waals surface area contributed by atoms with Gasteiger partial charge in [-0.1, -0.05) is 47.5 Å². The molecule has 0 fully saturated rings. The highest BCUT2D eigenvalue weighted by Gasteiger charge is 2.18. The fourth-order valence-electron chi connectivity index (χ4n) is 5.16. The van der Waals surface area contributed by atoms with Gasteiger partial charge in [-0.2, -0.15) is 8.75 Å². The minimum Gasteiger partial charge on any atom is -0.311 e. The first-order valence-electron chi connectivity index (χ1n) is 13.6. The molecule has 0 spiro atoms. The predicted molar refractivity (Wildman–Crippen MR) is 169 cm³/mol. The number of benzene rings is 4. The Bertz CT molecular complexity index is 2260. The average molecular weight is 602 g/mol. The van der Waals surface area contributed by atoms with Crippen LogP contribution in [0.5, 0.6) is 0 Å². The standard InChI is InChI=1S/C34H21F2N5O2S/c1-18-3-9-21(10-4-18)41(22-11-5-19(2)6-12-22)23-13-7-20(8-14-23)29-31-30(39-44-40-31)28(17-37-29)38-32-33(42)24-15-26(35)27(36)16-25(24)34(32)43/h3-17H,1-2H3. The van der Waals surface area contributed by atoms with E-state index < -0.39 is 27.8 Å². The molecule has 0 unspecified atom stereocenters. The number of halogens is 2. The van der Waals surface area contributed by atoms with Gasteiger partial charge in [0, 0.05) is 33.4 Å². The molecule has 0 amide bonds. The Morgan fingerprint density at radius 1 is 0.682 bits per heavy atom. The molecule has 0 bridgehead atoms. The third-order valence-electron chi connectivity index (χ3n) is 7.47. The summed E-state index contributed by atoms with van der Waals surface area (Å²) in [5.74, 6) is -2.43. The van der Waals surface area contributed by atoms with E-state index in [-0.39, 0.29) is 16.5 Å². The molecule has 0 aliphatic carbocycles. The fraction of sp³-hybridized carbons (Fsp3) is 0.0588. The first kappa shape index (κ1) is 27.4. The molecule has 0 saturated heterocycles. The van der Waals surface area contributed by atoms with Crippen LogP contribution in [0.15, 0.2) is 106 Å². The Morgan fingerprint density at radius 2 is 1.16 bits per heavy atom. The van der Waals surface area contributed by atoms with E-state index in [9.17, 15) is 18.4 Å².